The van der Waals surface area contributed by atoms with Crippen molar-refractivity contribution < 1.29 is 9.18 Å². The lowest BCUT2D eigenvalue weighted by Gasteiger charge is -2.12. The number of rotatable bonds is 7. The van der Waals surface area contributed by atoms with Gasteiger partial charge in [0.2, 0.25) is 0 Å². The molecule has 0 heterocycles. The summed E-state index contributed by atoms with van der Waals surface area (Å²) < 4.78 is 13.1. The highest BCUT2D eigenvalue weighted by molar-refractivity contribution is 6.31. The maximum absolute atomic E-state index is 13.1. The van der Waals surface area contributed by atoms with Crippen LogP contribution in [0.5, 0.6) is 0 Å². The number of carbonyl (C=O) groups is 1. The van der Waals surface area contributed by atoms with E-state index in [1.807, 2.05) is 13.8 Å². The van der Waals surface area contributed by atoms with E-state index in [1.54, 1.807) is 0 Å². The van der Waals surface area contributed by atoms with Gasteiger partial charge in [0, 0.05) is 23.4 Å². The molecular weight excluding hydrogens is 265 g/mol. The van der Waals surface area contributed by atoms with E-state index in [2.05, 4.69) is 0 Å². The Morgan fingerprint density at radius 2 is 2.05 bits per heavy atom. The molecule has 4 heteroatoms. The summed E-state index contributed by atoms with van der Waals surface area (Å²) in [5.74, 6) is -0.313. The molecule has 0 saturated heterocycles. The van der Waals surface area contributed by atoms with Crippen molar-refractivity contribution in [3.8, 4) is 0 Å². The van der Waals surface area contributed by atoms with Crippen molar-refractivity contribution in [2.75, 3.05) is 0 Å². The van der Waals surface area contributed by atoms with Gasteiger partial charge in [-0.2, -0.15) is 0 Å². The lowest BCUT2D eigenvalue weighted by Crippen LogP contribution is -2.17. The summed E-state index contributed by atoms with van der Waals surface area (Å²) in [5.41, 5.74) is 6.23. The van der Waals surface area contributed by atoms with Gasteiger partial charge in [-0.1, -0.05) is 24.9 Å². The van der Waals surface area contributed by atoms with Crippen LogP contribution in [-0.2, 0) is 11.2 Å². The van der Waals surface area contributed by atoms with Gasteiger partial charge in [0.05, 0.1) is 0 Å². The Labute approximate surface area is 119 Å². The molecular formula is C15H21ClFNO. The van der Waals surface area contributed by atoms with Crippen LogP contribution >= 0.6 is 11.6 Å². The van der Waals surface area contributed by atoms with E-state index >= 15 is 0 Å². The van der Waals surface area contributed by atoms with Gasteiger partial charge >= 0.3 is 0 Å². The average molecular weight is 286 g/mol. The SMILES string of the molecule is CC(N)CCCC(C)C(=O)Cc1cc(F)ccc1Cl. The maximum Gasteiger partial charge on any atom is 0.140 e. The first-order chi connectivity index (χ1) is 8.90. The third-order valence-corrected chi connectivity index (χ3v) is 3.59. The van der Waals surface area contributed by atoms with Crippen LogP contribution in [0.25, 0.3) is 0 Å². The molecule has 0 aliphatic heterocycles. The monoisotopic (exact) mass is 285 g/mol. The first-order valence-electron chi connectivity index (χ1n) is 6.62. The van der Waals surface area contributed by atoms with Crippen molar-refractivity contribution in [2.24, 2.45) is 11.7 Å². The molecule has 1 rings (SSSR count). The Hall–Kier alpha value is -0.930. The molecule has 0 radical (unpaired) electrons. The molecule has 0 bridgehead atoms. The predicted molar refractivity (Wildman–Crippen MR) is 76.8 cm³/mol. The quantitative estimate of drug-likeness (QED) is 0.829. The minimum Gasteiger partial charge on any atom is -0.328 e. The average Bonchev–Trinajstić information content (AvgIpc) is 2.33. The zero-order valence-electron chi connectivity index (χ0n) is 11.5. The fourth-order valence-electron chi connectivity index (χ4n) is 1.95. The van der Waals surface area contributed by atoms with Crippen molar-refractivity contribution in [1.82, 2.24) is 0 Å². The fraction of sp³-hybridized carbons (Fsp3) is 0.533. The zero-order chi connectivity index (χ0) is 14.4. The van der Waals surface area contributed by atoms with Crippen LogP contribution in [0.15, 0.2) is 18.2 Å². The van der Waals surface area contributed by atoms with Crippen LogP contribution in [0.1, 0.15) is 38.7 Å². The van der Waals surface area contributed by atoms with E-state index in [4.69, 9.17) is 17.3 Å². The van der Waals surface area contributed by atoms with Crippen LogP contribution in [0, 0.1) is 11.7 Å². The van der Waals surface area contributed by atoms with E-state index in [0.717, 1.165) is 19.3 Å². The minimum atomic E-state index is -0.364. The number of hydrogen-bond acceptors (Lipinski definition) is 2. The van der Waals surface area contributed by atoms with E-state index < -0.39 is 0 Å². The van der Waals surface area contributed by atoms with Crippen LogP contribution in [0.3, 0.4) is 0 Å². The Bertz CT molecular complexity index is 434. The molecule has 0 aliphatic carbocycles. The van der Waals surface area contributed by atoms with Crippen molar-refractivity contribution in [3.63, 3.8) is 0 Å². The van der Waals surface area contributed by atoms with Gasteiger partial charge in [0.25, 0.3) is 0 Å². The number of Topliss-reactive ketones (excluding diaryl/α,β-unsaturated/α-hetero) is 1. The van der Waals surface area contributed by atoms with Crippen molar-refractivity contribution in [2.45, 2.75) is 45.6 Å². The minimum absolute atomic E-state index is 0.0434. The second-order valence-electron chi connectivity index (χ2n) is 5.19. The lowest BCUT2D eigenvalue weighted by atomic mass is 9.94. The number of ketones is 1. The summed E-state index contributed by atoms with van der Waals surface area (Å²) in [7, 11) is 0. The molecule has 0 saturated carbocycles. The smallest absolute Gasteiger partial charge is 0.140 e. The van der Waals surface area contributed by atoms with Gasteiger partial charge in [0.15, 0.2) is 0 Å². The summed E-state index contributed by atoms with van der Waals surface area (Å²) >= 11 is 5.96. The van der Waals surface area contributed by atoms with Gasteiger partial charge in [-0.3, -0.25) is 4.79 Å². The lowest BCUT2D eigenvalue weighted by molar-refractivity contribution is -0.121. The van der Waals surface area contributed by atoms with Crippen LogP contribution in [0.2, 0.25) is 5.02 Å². The Morgan fingerprint density at radius 3 is 2.68 bits per heavy atom. The summed E-state index contributed by atoms with van der Waals surface area (Å²) in [5, 5.41) is 0.442. The summed E-state index contributed by atoms with van der Waals surface area (Å²) in [6.07, 6.45) is 2.85. The summed E-state index contributed by atoms with van der Waals surface area (Å²) in [6.45, 7) is 3.86. The number of hydrogen-bond donors (Lipinski definition) is 1. The van der Waals surface area contributed by atoms with Gasteiger partial charge in [-0.25, -0.2) is 4.39 Å². The normalized spacial score (nSPS) is 14.2. The summed E-state index contributed by atoms with van der Waals surface area (Å²) in [6, 6.07) is 4.28. The molecule has 2 atom stereocenters. The van der Waals surface area contributed by atoms with Crippen LogP contribution < -0.4 is 5.73 Å². The topological polar surface area (TPSA) is 43.1 Å². The predicted octanol–water partition coefficient (Wildman–Crippen LogP) is 3.74. The molecule has 2 nitrogen and oxygen atoms in total. The molecule has 1 aromatic rings. The molecule has 0 amide bonds. The second-order valence-corrected chi connectivity index (χ2v) is 5.60. The number of benzene rings is 1. The third kappa shape index (κ3) is 5.70. The first-order valence-corrected chi connectivity index (χ1v) is 7.00. The van der Waals surface area contributed by atoms with Crippen molar-refractivity contribution in [1.29, 1.82) is 0 Å². The molecule has 19 heavy (non-hydrogen) atoms. The largest absolute Gasteiger partial charge is 0.328 e. The van der Waals surface area contributed by atoms with Gasteiger partial charge in [-0.05, 0) is 43.5 Å². The maximum atomic E-state index is 13.1. The standard InChI is InChI=1S/C15H21ClFNO/c1-10(4-3-5-11(2)18)15(19)9-12-8-13(17)6-7-14(12)16/h6-8,10-11H,3-5,9,18H2,1-2H3. The van der Waals surface area contributed by atoms with Gasteiger partial charge in [-0.15, -0.1) is 0 Å². The number of nitrogens with two attached hydrogens (primary N) is 1. The number of halogens is 2. The highest BCUT2D eigenvalue weighted by atomic mass is 35.5. The van der Waals surface area contributed by atoms with Crippen molar-refractivity contribution in [3.05, 3.63) is 34.6 Å². The van der Waals surface area contributed by atoms with E-state index in [0.29, 0.717) is 10.6 Å². The van der Waals surface area contributed by atoms with E-state index in [1.165, 1.54) is 18.2 Å². The molecule has 0 aliphatic rings. The van der Waals surface area contributed by atoms with E-state index in [-0.39, 0.29) is 30.0 Å². The van der Waals surface area contributed by atoms with Gasteiger partial charge < -0.3 is 5.73 Å². The van der Waals surface area contributed by atoms with E-state index in [9.17, 15) is 9.18 Å². The Kier molecular flexibility index (Phi) is 6.46. The summed E-state index contributed by atoms with van der Waals surface area (Å²) in [4.78, 5) is 12.0. The molecule has 106 valence electrons. The number of carbonyl (C=O) groups excluding carboxylic acids is 1. The first kappa shape index (κ1) is 16.1. The van der Waals surface area contributed by atoms with Gasteiger partial charge in [0.1, 0.15) is 11.6 Å². The Balaban J connectivity index is 2.51. The molecule has 0 fully saturated rings. The third-order valence-electron chi connectivity index (χ3n) is 3.22. The Morgan fingerprint density at radius 1 is 1.37 bits per heavy atom. The van der Waals surface area contributed by atoms with Crippen molar-refractivity contribution >= 4 is 17.4 Å². The molecule has 2 N–H and O–H groups in total. The highest BCUT2D eigenvalue weighted by Gasteiger charge is 2.15. The highest BCUT2D eigenvalue weighted by Crippen LogP contribution is 2.20. The molecule has 0 aromatic heterocycles. The molecule has 1 aromatic carbocycles. The van der Waals surface area contributed by atoms with Crippen LogP contribution in [-0.4, -0.2) is 11.8 Å². The second kappa shape index (κ2) is 7.61. The van der Waals surface area contributed by atoms with Crippen LogP contribution in [0.4, 0.5) is 4.39 Å². The fourth-order valence-corrected chi connectivity index (χ4v) is 2.13. The molecule has 2 unspecified atom stereocenters. The molecule has 0 spiro atoms. The zero-order valence-corrected chi connectivity index (χ0v) is 12.2.